The number of non-ortho nitro benzene ring substituents is 1. The molecule has 1 aliphatic rings. The highest BCUT2D eigenvalue weighted by Gasteiger charge is 2.13. The van der Waals surface area contributed by atoms with Gasteiger partial charge in [-0.15, -0.1) is 0 Å². The third-order valence-corrected chi connectivity index (χ3v) is 4.65. The standard InChI is InChI=1S/C19H20ClN3O4/c20-17-12-16(23(25)26)8-9-18(17)27-13-19(24)21-14-4-6-15(7-5-14)22-10-2-1-3-11-22/h4-9,12H,1-3,10-11,13H2,(H,21,24). The van der Waals surface area contributed by atoms with Crippen LogP contribution in [0.25, 0.3) is 0 Å². The Kier molecular flexibility index (Phi) is 6.13. The van der Waals surface area contributed by atoms with E-state index in [1.54, 1.807) is 0 Å². The van der Waals surface area contributed by atoms with Crippen LogP contribution in [-0.2, 0) is 4.79 Å². The van der Waals surface area contributed by atoms with Gasteiger partial charge >= 0.3 is 0 Å². The highest BCUT2D eigenvalue weighted by molar-refractivity contribution is 6.32. The number of nitrogens with one attached hydrogen (secondary N) is 1. The molecule has 1 aliphatic heterocycles. The molecule has 142 valence electrons. The second-order valence-corrected chi connectivity index (χ2v) is 6.71. The zero-order valence-electron chi connectivity index (χ0n) is 14.7. The van der Waals surface area contributed by atoms with Crippen molar-refractivity contribution in [3.63, 3.8) is 0 Å². The molecule has 0 spiro atoms. The van der Waals surface area contributed by atoms with E-state index >= 15 is 0 Å². The lowest BCUT2D eigenvalue weighted by Crippen LogP contribution is -2.29. The van der Waals surface area contributed by atoms with Crippen LogP contribution in [0.3, 0.4) is 0 Å². The number of rotatable bonds is 6. The van der Waals surface area contributed by atoms with Crippen molar-refractivity contribution in [1.29, 1.82) is 0 Å². The van der Waals surface area contributed by atoms with E-state index in [1.807, 2.05) is 24.3 Å². The number of hydrogen-bond acceptors (Lipinski definition) is 5. The fourth-order valence-corrected chi connectivity index (χ4v) is 3.20. The largest absolute Gasteiger partial charge is 0.482 e. The minimum absolute atomic E-state index is 0.0860. The summed E-state index contributed by atoms with van der Waals surface area (Å²) in [7, 11) is 0. The van der Waals surface area contributed by atoms with Gasteiger partial charge in [0, 0.05) is 36.6 Å². The molecule has 0 atom stereocenters. The van der Waals surface area contributed by atoms with Crippen molar-refractivity contribution in [2.24, 2.45) is 0 Å². The summed E-state index contributed by atoms with van der Waals surface area (Å²) in [5, 5.41) is 13.5. The first-order valence-electron chi connectivity index (χ1n) is 8.74. The normalized spacial score (nSPS) is 13.9. The van der Waals surface area contributed by atoms with Crippen LogP contribution in [0.15, 0.2) is 42.5 Å². The molecule has 8 heteroatoms. The van der Waals surface area contributed by atoms with Gasteiger partial charge < -0.3 is 15.0 Å². The monoisotopic (exact) mass is 389 g/mol. The molecule has 0 radical (unpaired) electrons. The van der Waals surface area contributed by atoms with Crippen LogP contribution in [0.1, 0.15) is 19.3 Å². The van der Waals surface area contributed by atoms with E-state index in [0.717, 1.165) is 18.8 Å². The van der Waals surface area contributed by atoms with Crippen molar-refractivity contribution >= 4 is 34.6 Å². The quantitative estimate of drug-likeness (QED) is 0.589. The number of carbonyl (C=O) groups is 1. The number of nitro groups is 1. The van der Waals surface area contributed by atoms with Gasteiger partial charge in [0.05, 0.1) is 9.95 Å². The van der Waals surface area contributed by atoms with Gasteiger partial charge in [-0.1, -0.05) is 11.6 Å². The van der Waals surface area contributed by atoms with E-state index < -0.39 is 4.92 Å². The zero-order chi connectivity index (χ0) is 19.2. The van der Waals surface area contributed by atoms with Crippen LogP contribution in [0.5, 0.6) is 5.75 Å². The maximum Gasteiger partial charge on any atom is 0.271 e. The summed E-state index contributed by atoms with van der Waals surface area (Å²) >= 11 is 5.94. The number of halogens is 1. The Bertz CT molecular complexity index is 820. The van der Waals surface area contributed by atoms with Gasteiger partial charge in [0.2, 0.25) is 0 Å². The summed E-state index contributed by atoms with van der Waals surface area (Å²) in [5.41, 5.74) is 1.70. The predicted molar refractivity (Wildman–Crippen MR) is 105 cm³/mol. The molecule has 2 aromatic carbocycles. The number of benzene rings is 2. The van der Waals surface area contributed by atoms with Crippen molar-refractivity contribution in [2.45, 2.75) is 19.3 Å². The Morgan fingerprint density at radius 1 is 1.15 bits per heavy atom. The van der Waals surface area contributed by atoms with Gasteiger partial charge in [-0.2, -0.15) is 0 Å². The highest BCUT2D eigenvalue weighted by atomic mass is 35.5. The maximum absolute atomic E-state index is 12.1. The topological polar surface area (TPSA) is 84.7 Å². The molecule has 1 heterocycles. The third kappa shape index (κ3) is 5.10. The average molecular weight is 390 g/mol. The van der Waals surface area contributed by atoms with Crippen molar-refractivity contribution in [3.8, 4) is 5.75 Å². The first-order chi connectivity index (χ1) is 13.0. The van der Waals surface area contributed by atoms with Crippen LogP contribution in [0, 0.1) is 10.1 Å². The van der Waals surface area contributed by atoms with Crippen molar-refractivity contribution in [2.75, 3.05) is 29.9 Å². The average Bonchev–Trinajstić information content (AvgIpc) is 2.68. The fourth-order valence-electron chi connectivity index (χ4n) is 2.97. The van der Waals surface area contributed by atoms with Crippen LogP contribution in [-0.4, -0.2) is 30.5 Å². The van der Waals surface area contributed by atoms with Crippen LogP contribution < -0.4 is 15.0 Å². The molecule has 0 aromatic heterocycles. The van der Waals surface area contributed by atoms with Crippen molar-refractivity contribution < 1.29 is 14.5 Å². The van der Waals surface area contributed by atoms with E-state index in [2.05, 4.69) is 10.2 Å². The summed E-state index contributed by atoms with van der Waals surface area (Å²) in [6, 6.07) is 11.6. The molecule has 1 amide bonds. The van der Waals surface area contributed by atoms with Gasteiger partial charge in [0.15, 0.2) is 6.61 Å². The van der Waals surface area contributed by atoms with Crippen molar-refractivity contribution in [1.82, 2.24) is 0 Å². The highest BCUT2D eigenvalue weighted by Crippen LogP contribution is 2.28. The van der Waals surface area contributed by atoms with E-state index in [-0.39, 0.29) is 29.0 Å². The zero-order valence-corrected chi connectivity index (χ0v) is 15.4. The Morgan fingerprint density at radius 2 is 1.85 bits per heavy atom. The molecule has 0 bridgehead atoms. The molecule has 0 saturated carbocycles. The second kappa shape index (κ2) is 8.73. The van der Waals surface area contributed by atoms with E-state index in [9.17, 15) is 14.9 Å². The molecular formula is C19H20ClN3O4. The smallest absolute Gasteiger partial charge is 0.271 e. The molecule has 0 unspecified atom stereocenters. The Labute approximate surface area is 162 Å². The molecule has 2 aromatic rings. The van der Waals surface area contributed by atoms with Gasteiger partial charge in [0.1, 0.15) is 5.75 Å². The Balaban J connectivity index is 1.52. The van der Waals surface area contributed by atoms with Crippen LogP contribution in [0.2, 0.25) is 5.02 Å². The Hall–Kier alpha value is -2.80. The summed E-state index contributed by atoms with van der Waals surface area (Å²) in [6.07, 6.45) is 3.70. The minimum Gasteiger partial charge on any atom is -0.482 e. The number of hydrogen-bond donors (Lipinski definition) is 1. The minimum atomic E-state index is -0.546. The lowest BCUT2D eigenvalue weighted by atomic mass is 10.1. The first-order valence-corrected chi connectivity index (χ1v) is 9.12. The maximum atomic E-state index is 12.1. The van der Waals surface area contributed by atoms with E-state index in [4.69, 9.17) is 16.3 Å². The number of amides is 1. The van der Waals surface area contributed by atoms with E-state index in [0.29, 0.717) is 5.69 Å². The number of carbonyl (C=O) groups excluding carboxylic acids is 1. The second-order valence-electron chi connectivity index (χ2n) is 6.30. The first kappa shape index (κ1) is 19.0. The molecular weight excluding hydrogens is 370 g/mol. The SMILES string of the molecule is O=C(COc1ccc([N+](=O)[O-])cc1Cl)Nc1ccc(N2CCCCC2)cc1. The van der Waals surface area contributed by atoms with Crippen LogP contribution in [0.4, 0.5) is 17.1 Å². The van der Waals surface area contributed by atoms with Crippen molar-refractivity contribution in [3.05, 3.63) is 57.6 Å². The lowest BCUT2D eigenvalue weighted by Gasteiger charge is -2.28. The summed E-state index contributed by atoms with van der Waals surface area (Å²) in [5.74, 6) is -0.118. The molecule has 7 nitrogen and oxygen atoms in total. The summed E-state index contributed by atoms with van der Waals surface area (Å²) in [4.78, 5) is 24.6. The molecule has 1 N–H and O–H groups in total. The molecule has 1 fully saturated rings. The third-order valence-electron chi connectivity index (χ3n) is 4.36. The number of nitro benzene ring substituents is 1. The number of anilines is 2. The number of nitrogens with zero attached hydrogens (tertiary/aromatic N) is 2. The summed E-state index contributed by atoms with van der Waals surface area (Å²) in [6.45, 7) is 1.89. The molecule has 27 heavy (non-hydrogen) atoms. The fraction of sp³-hybridized carbons (Fsp3) is 0.316. The van der Waals surface area contributed by atoms with Gasteiger partial charge in [-0.05, 0) is 49.6 Å². The number of ether oxygens (including phenoxy) is 1. The lowest BCUT2D eigenvalue weighted by molar-refractivity contribution is -0.384. The number of piperidine rings is 1. The summed E-state index contributed by atoms with van der Waals surface area (Å²) < 4.78 is 5.35. The molecule has 3 rings (SSSR count). The predicted octanol–water partition coefficient (Wildman–Crippen LogP) is 4.26. The molecule has 0 aliphatic carbocycles. The Morgan fingerprint density at radius 3 is 2.48 bits per heavy atom. The molecule has 1 saturated heterocycles. The van der Waals surface area contributed by atoms with Gasteiger partial charge in [0.25, 0.3) is 11.6 Å². The van der Waals surface area contributed by atoms with Gasteiger partial charge in [-0.3, -0.25) is 14.9 Å². The van der Waals surface area contributed by atoms with Crippen LogP contribution >= 0.6 is 11.6 Å². The van der Waals surface area contributed by atoms with E-state index in [1.165, 1.54) is 37.5 Å². The van der Waals surface area contributed by atoms with Gasteiger partial charge in [-0.25, -0.2) is 0 Å².